The van der Waals surface area contributed by atoms with Crippen LogP contribution in [0.25, 0.3) is 0 Å². The Kier molecular flexibility index (Phi) is 3.06. The lowest BCUT2D eigenvalue weighted by Gasteiger charge is -2.24. The Labute approximate surface area is 150 Å². The van der Waals surface area contributed by atoms with Crippen LogP contribution < -0.4 is 4.72 Å². The zero-order valence-corrected chi connectivity index (χ0v) is 13.3. The van der Waals surface area contributed by atoms with Gasteiger partial charge in [-0.3, -0.25) is 4.72 Å². The highest BCUT2D eigenvalue weighted by molar-refractivity contribution is 7.93. The SMILES string of the molecule is [2H]C1=C(C(=O)OCC)C([2H])(S(=O)(=O)Nc2ccc(F)cc2Cl)C([2H])([2H])C([2H])([2H])C1([2H])[2H]. The lowest BCUT2D eigenvalue weighted by atomic mass is 9.99. The molecule has 0 heterocycles. The van der Waals surface area contributed by atoms with Gasteiger partial charge in [0.15, 0.2) is 0 Å². The quantitative estimate of drug-likeness (QED) is 0.808. The number of benzene rings is 1. The zero-order valence-electron chi connectivity index (χ0n) is 19.7. The van der Waals surface area contributed by atoms with Gasteiger partial charge in [-0.15, -0.1) is 0 Å². The van der Waals surface area contributed by atoms with Crippen molar-refractivity contribution in [3.63, 3.8) is 0 Å². The highest BCUT2D eigenvalue weighted by atomic mass is 35.5. The maximum Gasteiger partial charge on any atom is 0.335 e. The van der Waals surface area contributed by atoms with Crippen LogP contribution in [-0.4, -0.2) is 26.2 Å². The van der Waals surface area contributed by atoms with Gasteiger partial charge in [-0.2, -0.15) is 0 Å². The van der Waals surface area contributed by atoms with Crippen molar-refractivity contribution in [2.24, 2.45) is 0 Å². The molecule has 0 aliphatic heterocycles. The van der Waals surface area contributed by atoms with Gasteiger partial charge in [-0.05, 0) is 44.2 Å². The van der Waals surface area contributed by atoms with E-state index >= 15 is 0 Å². The fourth-order valence-corrected chi connectivity index (χ4v) is 3.05. The molecule has 0 saturated heterocycles. The summed E-state index contributed by atoms with van der Waals surface area (Å²) in [5.74, 6) is -2.52. The first kappa shape index (κ1) is 9.64. The second-order valence-corrected chi connectivity index (χ2v) is 6.18. The first-order chi connectivity index (χ1) is 13.9. The van der Waals surface area contributed by atoms with Crippen molar-refractivity contribution in [3.05, 3.63) is 40.7 Å². The van der Waals surface area contributed by atoms with E-state index in [0.29, 0.717) is 6.07 Å². The average molecular weight is 370 g/mol. The van der Waals surface area contributed by atoms with Gasteiger partial charge in [0.2, 0.25) is 10.0 Å². The van der Waals surface area contributed by atoms with Crippen LogP contribution in [0, 0.1) is 5.82 Å². The summed E-state index contributed by atoms with van der Waals surface area (Å²) in [6.07, 6.45) is -11.2. The summed E-state index contributed by atoms with van der Waals surface area (Å²) >= 11 is 5.77. The third-order valence-corrected chi connectivity index (χ3v) is 4.22. The maximum absolute atomic E-state index is 13.3. The van der Waals surface area contributed by atoms with E-state index in [-0.39, 0.29) is 6.61 Å². The van der Waals surface area contributed by atoms with Crippen molar-refractivity contribution in [1.82, 2.24) is 0 Å². The minimum atomic E-state index is -5.50. The summed E-state index contributed by atoms with van der Waals surface area (Å²) in [5.41, 5.74) is -2.06. The van der Waals surface area contributed by atoms with Crippen LogP contribution in [0.4, 0.5) is 10.1 Å². The van der Waals surface area contributed by atoms with Gasteiger partial charge < -0.3 is 4.74 Å². The van der Waals surface area contributed by atoms with E-state index in [9.17, 15) is 17.6 Å². The fourth-order valence-electron chi connectivity index (χ4n) is 1.62. The molecule has 5 nitrogen and oxygen atoms in total. The summed E-state index contributed by atoms with van der Waals surface area (Å²) in [6.45, 7) is 0.909. The normalized spacial score (nSPS) is 33.5. The first-order valence-electron chi connectivity index (χ1n) is 10.3. The number of sulfonamides is 1. The predicted molar refractivity (Wildman–Crippen MR) is 86.3 cm³/mol. The largest absolute Gasteiger partial charge is 0.463 e. The molecular weight excluding hydrogens is 345 g/mol. The van der Waals surface area contributed by atoms with E-state index in [0.717, 1.165) is 12.1 Å². The number of rotatable bonds is 5. The second kappa shape index (κ2) is 7.31. The van der Waals surface area contributed by atoms with E-state index in [1.54, 1.807) is 4.72 Å². The van der Waals surface area contributed by atoms with Crippen LogP contribution in [0.3, 0.4) is 0 Å². The number of allylic oxidation sites excluding steroid dienone is 1. The Morgan fingerprint density at radius 3 is 3.04 bits per heavy atom. The molecule has 1 aliphatic rings. The van der Waals surface area contributed by atoms with E-state index in [2.05, 4.69) is 4.74 Å². The summed E-state index contributed by atoms with van der Waals surface area (Å²) in [7, 11) is -5.50. The van der Waals surface area contributed by atoms with Gasteiger partial charge in [0.1, 0.15) is 11.0 Å². The first-order valence-corrected chi connectivity index (χ1v) is 8.12. The summed E-state index contributed by atoms with van der Waals surface area (Å²) < 4.78 is 110. The molecule has 1 N–H and O–H groups in total. The number of halogens is 2. The fraction of sp³-hybridized carbons (Fsp3) is 0.400. The Bertz CT molecular complexity index is 1070. The van der Waals surface area contributed by atoms with Crippen LogP contribution in [0.15, 0.2) is 29.8 Å². The molecule has 2 rings (SSSR count). The Balaban J connectivity index is 2.88. The standard InChI is InChI=1S/C15H17ClFNO4S/c1-2-22-15(19)11-5-3-4-6-14(11)23(20,21)18-13-8-7-10(17)9-12(13)16/h5,7-9,14,18H,2-4,6H2,1H3/i3D2,4D2,5D,6D2,14D. The number of nitrogens with one attached hydrogen (secondary N) is 1. The second-order valence-electron chi connectivity index (χ2n) is 4.15. The lowest BCUT2D eigenvalue weighted by molar-refractivity contribution is -0.138. The number of hydrogen-bond acceptors (Lipinski definition) is 4. The molecule has 1 atom stereocenters. The van der Waals surface area contributed by atoms with Gasteiger partial charge in [0, 0.05) is 8.22 Å². The van der Waals surface area contributed by atoms with Crippen LogP contribution in [0.5, 0.6) is 0 Å². The third kappa shape index (κ3) is 4.23. The highest BCUT2D eigenvalue weighted by Gasteiger charge is 2.35. The third-order valence-electron chi connectivity index (χ3n) is 2.58. The predicted octanol–water partition coefficient (Wildman–Crippen LogP) is 3.26. The van der Waals surface area contributed by atoms with Crippen LogP contribution in [-0.2, 0) is 19.6 Å². The molecule has 1 aromatic carbocycles. The summed E-state index contributed by atoms with van der Waals surface area (Å²) in [5, 5.41) is -4.38. The number of anilines is 1. The van der Waals surface area contributed by atoms with Crippen molar-refractivity contribution >= 4 is 33.3 Å². The minimum Gasteiger partial charge on any atom is -0.463 e. The van der Waals surface area contributed by atoms with Crippen molar-refractivity contribution in [2.45, 2.75) is 31.3 Å². The monoisotopic (exact) mass is 369 g/mol. The molecule has 23 heavy (non-hydrogen) atoms. The number of hydrogen-bond donors (Lipinski definition) is 1. The smallest absolute Gasteiger partial charge is 0.335 e. The molecule has 8 heteroatoms. The molecule has 0 spiro atoms. The maximum atomic E-state index is 13.3. The van der Waals surface area contributed by atoms with Crippen LogP contribution in [0.1, 0.15) is 37.0 Å². The topological polar surface area (TPSA) is 72.5 Å². The van der Waals surface area contributed by atoms with Crippen LogP contribution in [0.2, 0.25) is 5.02 Å². The average Bonchev–Trinajstić information content (AvgIpc) is 2.62. The number of ether oxygens (including phenoxy) is 1. The van der Waals surface area contributed by atoms with Crippen molar-refractivity contribution < 1.29 is 33.3 Å². The molecule has 1 aliphatic carbocycles. The van der Waals surface area contributed by atoms with E-state index in [4.69, 9.17) is 22.6 Å². The molecule has 0 fully saturated rings. The molecule has 0 amide bonds. The van der Waals surface area contributed by atoms with E-state index in [1.807, 2.05) is 0 Å². The van der Waals surface area contributed by atoms with Gasteiger partial charge in [0.05, 0.1) is 25.6 Å². The van der Waals surface area contributed by atoms with Crippen molar-refractivity contribution in [1.29, 1.82) is 0 Å². The number of carbonyl (C=O) groups is 1. The zero-order chi connectivity index (χ0) is 24.2. The molecular formula is C15H17ClFNO4S. The Hall–Kier alpha value is -1.60. The molecule has 0 saturated carbocycles. The Morgan fingerprint density at radius 1 is 1.65 bits per heavy atom. The summed E-state index contributed by atoms with van der Waals surface area (Å²) in [4.78, 5) is 12.5. The molecule has 0 bridgehead atoms. The van der Waals surface area contributed by atoms with Crippen molar-refractivity contribution in [2.75, 3.05) is 11.3 Å². The van der Waals surface area contributed by atoms with Gasteiger partial charge >= 0.3 is 5.97 Å². The van der Waals surface area contributed by atoms with E-state index < -0.39 is 68.5 Å². The summed E-state index contributed by atoms with van der Waals surface area (Å²) in [6, 6.07) is 0.796. The minimum absolute atomic E-state index is 0.387. The van der Waals surface area contributed by atoms with Gasteiger partial charge in [-0.25, -0.2) is 17.6 Å². The molecule has 1 aromatic rings. The van der Waals surface area contributed by atoms with Gasteiger partial charge in [0.25, 0.3) is 0 Å². The van der Waals surface area contributed by atoms with E-state index in [1.165, 1.54) is 6.92 Å². The molecule has 0 aromatic heterocycles. The molecule has 0 radical (unpaired) electrons. The molecule has 126 valence electrons. The van der Waals surface area contributed by atoms with Crippen LogP contribution >= 0.6 is 11.6 Å². The van der Waals surface area contributed by atoms with Crippen molar-refractivity contribution in [3.8, 4) is 0 Å². The highest BCUT2D eigenvalue weighted by Crippen LogP contribution is 2.30. The van der Waals surface area contributed by atoms with Gasteiger partial charge in [-0.1, -0.05) is 17.7 Å². The Morgan fingerprint density at radius 2 is 2.39 bits per heavy atom. The lowest BCUT2D eigenvalue weighted by Crippen LogP contribution is -2.34. The number of esters is 1. The molecule has 1 unspecified atom stereocenters. The number of carbonyl (C=O) groups excluding carboxylic acids is 1.